The van der Waals surface area contributed by atoms with Crippen molar-refractivity contribution >= 4 is 40.5 Å². The van der Waals surface area contributed by atoms with Crippen LogP contribution in [-0.4, -0.2) is 48.6 Å². The molecule has 1 aliphatic rings. The Kier molecular flexibility index (Phi) is 5.68. The molecule has 1 saturated heterocycles. The zero-order valence-corrected chi connectivity index (χ0v) is 15.1. The minimum atomic E-state index is -0.125. The summed E-state index contributed by atoms with van der Waals surface area (Å²) in [4.78, 5) is 16.4. The van der Waals surface area contributed by atoms with Gasteiger partial charge in [-0.1, -0.05) is 35.3 Å². The lowest BCUT2D eigenvalue weighted by Crippen LogP contribution is -2.48. The first kappa shape index (κ1) is 17.9. The number of hydrogen-bond donors (Lipinski definition) is 2. The van der Waals surface area contributed by atoms with Crippen LogP contribution in [0, 0.1) is 0 Å². The first-order valence-corrected chi connectivity index (χ1v) is 8.79. The summed E-state index contributed by atoms with van der Waals surface area (Å²) in [6.07, 6.45) is 0. The van der Waals surface area contributed by atoms with Crippen molar-refractivity contribution in [3.63, 3.8) is 0 Å². The Bertz CT molecular complexity index is 762. The van der Waals surface area contributed by atoms with E-state index in [1.807, 2.05) is 12.1 Å². The molecule has 1 heterocycles. The summed E-state index contributed by atoms with van der Waals surface area (Å²) >= 11 is 12.0. The number of phenols is 1. The number of nitrogens with one attached hydrogen (secondary N) is 1. The normalized spacial score (nSPS) is 15.2. The quantitative estimate of drug-likeness (QED) is 0.853. The van der Waals surface area contributed by atoms with E-state index in [1.54, 1.807) is 30.3 Å². The SMILES string of the molecule is O=C(CN1CCN(c2ccccc2O)CC1)Nc1cc(Cl)ccc1Cl. The number of halogens is 2. The molecule has 0 aromatic heterocycles. The minimum absolute atomic E-state index is 0.125. The molecule has 0 spiro atoms. The van der Waals surface area contributed by atoms with Gasteiger partial charge in [0.25, 0.3) is 0 Å². The third-order valence-corrected chi connectivity index (χ3v) is 4.73. The standard InChI is InChI=1S/C18H19Cl2N3O2/c19-13-5-6-14(20)15(11-13)21-18(25)12-22-7-9-23(10-8-22)16-3-1-2-4-17(16)24/h1-6,11,24H,7-10,12H2,(H,21,25). The molecule has 0 aliphatic carbocycles. The van der Waals surface area contributed by atoms with Gasteiger partial charge in [0.05, 0.1) is 22.9 Å². The van der Waals surface area contributed by atoms with Gasteiger partial charge in [0, 0.05) is 31.2 Å². The molecule has 3 rings (SSSR count). The molecule has 5 nitrogen and oxygen atoms in total. The Morgan fingerprint density at radius 1 is 1.08 bits per heavy atom. The molecule has 0 unspecified atom stereocenters. The number of phenolic OH excluding ortho intramolecular Hbond substituents is 1. The second-order valence-corrected chi connectivity index (χ2v) is 6.77. The van der Waals surface area contributed by atoms with Gasteiger partial charge in [-0.2, -0.15) is 0 Å². The highest BCUT2D eigenvalue weighted by molar-refractivity contribution is 6.35. The Hall–Kier alpha value is -1.95. The maximum Gasteiger partial charge on any atom is 0.238 e. The Balaban J connectivity index is 1.53. The van der Waals surface area contributed by atoms with Gasteiger partial charge in [-0.05, 0) is 30.3 Å². The smallest absolute Gasteiger partial charge is 0.238 e. The van der Waals surface area contributed by atoms with E-state index in [4.69, 9.17) is 23.2 Å². The Morgan fingerprint density at radius 3 is 2.52 bits per heavy atom. The average molecular weight is 380 g/mol. The minimum Gasteiger partial charge on any atom is -0.506 e. The maximum atomic E-state index is 12.2. The van der Waals surface area contributed by atoms with E-state index in [0.717, 1.165) is 31.9 Å². The first-order valence-electron chi connectivity index (χ1n) is 8.03. The van der Waals surface area contributed by atoms with E-state index < -0.39 is 0 Å². The number of aromatic hydroxyl groups is 1. The van der Waals surface area contributed by atoms with Crippen LogP contribution in [0.15, 0.2) is 42.5 Å². The number of nitrogens with zero attached hydrogens (tertiary/aromatic N) is 2. The summed E-state index contributed by atoms with van der Waals surface area (Å²) in [5.41, 5.74) is 1.35. The van der Waals surface area contributed by atoms with Gasteiger partial charge >= 0.3 is 0 Å². The van der Waals surface area contributed by atoms with Gasteiger partial charge in [0.15, 0.2) is 0 Å². The fourth-order valence-electron chi connectivity index (χ4n) is 2.86. The predicted molar refractivity (Wildman–Crippen MR) is 102 cm³/mol. The summed E-state index contributed by atoms with van der Waals surface area (Å²) in [6, 6.07) is 12.3. The predicted octanol–water partition coefficient (Wildman–Crippen LogP) is 3.46. The topological polar surface area (TPSA) is 55.8 Å². The van der Waals surface area contributed by atoms with E-state index >= 15 is 0 Å². The number of benzene rings is 2. The van der Waals surface area contributed by atoms with Crippen molar-refractivity contribution in [1.29, 1.82) is 0 Å². The molecular weight excluding hydrogens is 361 g/mol. The van der Waals surface area contributed by atoms with Crippen molar-refractivity contribution in [2.75, 3.05) is 42.9 Å². The molecular formula is C18H19Cl2N3O2. The van der Waals surface area contributed by atoms with E-state index in [-0.39, 0.29) is 18.2 Å². The number of para-hydroxylation sites is 2. The number of carbonyl (C=O) groups excluding carboxylic acids is 1. The van der Waals surface area contributed by atoms with Crippen molar-refractivity contribution in [2.24, 2.45) is 0 Å². The Morgan fingerprint density at radius 2 is 1.80 bits per heavy atom. The zero-order valence-electron chi connectivity index (χ0n) is 13.6. The zero-order chi connectivity index (χ0) is 17.8. The van der Waals surface area contributed by atoms with Crippen LogP contribution in [-0.2, 0) is 4.79 Å². The molecule has 25 heavy (non-hydrogen) atoms. The van der Waals surface area contributed by atoms with Crippen molar-refractivity contribution in [3.05, 3.63) is 52.5 Å². The van der Waals surface area contributed by atoms with Crippen LogP contribution >= 0.6 is 23.2 Å². The summed E-state index contributed by atoms with van der Waals surface area (Å²) in [5, 5.41) is 13.7. The molecule has 1 amide bonds. The highest BCUT2D eigenvalue weighted by Gasteiger charge is 2.21. The van der Waals surface area contributed by atoms with Crippen LogP contribution in [0.3, 0.4) is 0 Å². The fourth-order valence-corrected chi connectivity index (χ4v) is 3.20. The monoisotopic (exact) mass is 379 g/mol. The van der Waals surface area contributed by atoms with Crippen LogP contribution in [0.5, 0.6) is 5.75 Å². The molecule has 0 radical (unpaired) electrons. The molecule has 0 bridgehead atoms. The van der Waals surface area contributed by atoms with Crippen LogP contribution in [0.2, 0.25) is 10.0 Å². The van der Waals surface area contributed by atoms with Gasteiger partial charge in [0.2, 0.25) is 5.91 Å². The van der Waals surface area contributed by atoms with Crippen molar-refractivity contribution in [1.82, 2.24) is 4.90 Å². The van der Waals surface area contributed by atoms with Gasteiger partial charge < -0.3 is 15.3 Å². The van der Waals surface area contributed by atoms with E-state index in [2.05, 4.69) is 15.1 Å². The van der Waals surface area contributed by atoms with Crippen LogP contribution in [0.1, 0.15) is 0 Å². The lowest BCUT2D eigenvalue weighted by atomic mass is 10.2. The highest BCUT2D eigenvalue weighted by atomic mass is 35.5. The van der Waals surface area contributed by atoms with Crippen LogP contribution in [0.4, 0.5) is 11.4 Å². The van der Waals surface area contributed by atoms with E-state index in [9.17, 15) is 9.90 Å². The number of piperazine rings is 1. The van der Waals surface area contributed by atoms with Crippen LogP contribution in [0.25, 0.3) is 0 Å². The molecule has 2 N–H and O–H groups in total. The van der Waals surface area contributed by atoms with Crippen molar-refractivity contribution in [2.45, 2.75) is 0 Å². The van der Waals surface area contributed by atoms with Crippen molar-refractivity contribution in [3.8, 4) is 5.75 Å². The summed E-state index contributed by atoms with van der Waals surface area (Å²) in [6.45, 7) is 3.28. The number of hydrogen-bond acceptors (Lipinski definition) is 4. The second kappa shape index (κ2) is 7.95. The third-order valence-electron chi connectivity index (χ3n) is 4.16. The van der Waals surface area contributed by atoms with E-state index in [0.29, 0.717) is 15.7 Å². The van der Waals surface area contributed by atoms with E-state index in [1.165, 1.54) is 0 Å². The summed E-state index contributed by atoms with van der Waals surface area (Å²) in [7, 11) is 0. The summed E-state index contributed by atoms with van der Waals surface area (Å²) in [5.74, 6) is 0.157. The fraction of sp³-hybridized carbons (Fsp3) is 0.278. The van der Waals surface area contributed by atoms with Gasteiger partial charge in [0.1, 0.15) is 5.75 Å². The molecule has 1 aliphatic heterocycles. The average Bonchev–Trinajstić information content (AvgIpc) is 2.59. The molecule has 2 aromatic carbocycles. The van der Waals surface area contributed by atoms with Gasteiger partial charge in [-0.15, -0.1) is 0 Å². The molecule has 2 aromatic rings. The van der Waals surface area contributed by atoms with Crippen LogP contribution < -0.4 is 10.2 Å². The second-order valence-electron chi connectivity index (χ2n) is 5.92. The molecule has 0 saturated carbocycles. The van der Waals surface area contributed by atoms with Gasteiger partial charge in [-0.25, -0.2) is 0 Å². The largest absolute Gasteiger partial charge is 0.506 e. The Labute approximate surface area is 156 Å². The lowest BCUT2D eigenvalue weighted by molar-refractivity contribution is -0.117. The number of anilines is 2. The maximum absolute atomic E-state index is 12.2. The highest BCUT2D eigenvalue weighted by Crippen LogP contribution is 2.27. The van der Waals surface area contributed by atoms with Crippen molar-refractivity contribution < 1.29 is 9.90 Å². The third kappa shape index (κ3) is 4.57. The first-order chi connectivity index (χ1) is 12.0. The molecule has 0 atom stereocenters. The number of amides is 1. The molecule has 7 heteroatoms. The summed E-state index contributed by atoms with van der Waals surface area (Å²) < 4.78 is 0. The molecule has 1 fully saturated rings. The molecule has 132 valence electrons. The number of carbonyl (C=O) groups is 1. The number of rotatable bonds is 4. The lowest BCUT2D eigenvalue weighted by Gasteiger charge is -2.35. The van der Waals surface area contributed by atoms with Gasteiger partial charge in [-0.3, -0.25) is 9.69 Å².